The summed E-state index contributed by atoms with van der Waals surface area (Å²) >= 11 is 0. The molecule has 1 aromatic rings. The minimum Gasteiger partial charge on any atom is -0.507 e. The van der Waals surface area contributed by atoms with Crippen LogP contribution in [0.3, 0.4) is 0 Å². The average molecular weight is 217 g/mol. The Balaban J connectivity index is 3.13. The third-order valence-corrected chi connectivity index (χ3v) is 1.91. The van der Waals surface area contributed by atoms with Crippen molar-refractivity contribution in [1.29, 1.82) is 0 Å². The molecule has 4 N–H and O–H groups in total. The standard InChI is InChI=1S/C9H9F2NO3/c10-8(11)7(12)4-1-2-6(13)5(3-4)9(14)15/h1-3,7-8,13H,12H2,(H,14,15)/t7-/m1/s1. The number of hydrogen-bond acceptors (Lipinski definition) is 3. The second kappa shape index (κ2) is 4.22. The van der Waals surface area contributed by atoms with E-state index in [1.165, 1.54) is 6.07 Å². The highest BCUT2D eigenvalue weighted by molar-refractivity contribution is 5.90. The normalized spacial score (nSPS) is 12.8. The summed E-state index contributed by atoms with van der Waals surface area (Å²) in [5.74, 6) is -1.87. The van der Waals surface area contributed by atoms with Crippen molar-refractivity contribution < 1.29 is 23.8 Å². The Hall–Kier alpha value is -1.69. The van der Waals surface area contributed by atoms with Gasteiger partial charge in [-0.1, -0.05) is 6.07 Å². The molecule has 0 aromatic heterocycles. The number of halogens is 2. The third-order valence-electron chi connectivity index (χ3n) is 1.91. The second-order valence-electron chi connectivity index (χ2n) is 2.94. The minimum atomic E-state index is -2.78. The van der Waals surface area contributed by atoms with Crippen LogP contribution in [0.25, 0.3) is 0 Å². The van der Waals surface area contributed by atoms with Crippen LogP contribution in [0.15, 0.2) is 18.2 Å². The maximum atomic E-state index is 12.2. The molecule has 0 amide bonds. The summed E-state index contributed by atoms with van der Waals surface area (Å²) in [6, 6.07) is 1.58. The van der Waals surface area contributed by atoms with Crippen LogP contribution in [0.2, 0.25) is 0 Å². The van der Waals surface area contributed by atoms with E-state index in [9.17, 15) is 13.6 Å². The average Bonchev–Trinajstić information content (AvgIpc) is 2.16. The van der Waals surface area contributed by atoms with Crippen molar-refractivity contribution in [2.45, 2.75) is 12.5 Å². The van der Waals surface area contributed by atoms with Gasteiger partial charge in [-0.3, -0.25) is 0 Å². The number of rotatable bonds is 3. The number of alkyl halides is 2. The summed E-state index contributed by atoms with van der Waals surface area (Å²) in [5, 5.41) is 17.7. The van der Waals surface area contributed by atoms with Gasteiger partial charge in [-0.05, 0) is 17.7 Å². The highest BCUT2D eigenvalue weighted by Gasteiger charge is 2.20. The number of carboxylic acid groups (broad SMARTS) is 1. The smallest absolute Gasteiger partial charge is 0.339 e. The van der Waals surface area contributed by atoms with Crippen molar-refractivity contribution in [1.82, 2.24) is 0 Å². The zero-order valence-corrected chi connectivity index (χ0v) is 7.52. The lowest BCUT2D eigenvalue weighted by Crippen LogP contribution is -2.19. The van der Waals surface area contributed by atoms with Gasteiger partial charge >= 0.3 is 5.97 Å². The van der Waals surface area contributed by atoms with Crippen molar-refractivity contribution in [3.05, 3.63) is 29.3 Å². The summed E-state index contributed by atoms with van der Waals surface area (Å²) < 4.78 is 24.4. The molecule has 15 heavy (non-hydrogen) atoms. The first-order chi connectivity index (χ1) is 6.93. The van der Waals surface area contributed by atoms with E-state index in [4.69, 9.17) is 15.9 Å². The number of carboxylic acids is 1. The maximum Gasteiger partial charge on any atom is 0.339 e. The fourth-order valence-electron chi connectivity index (χ4n) is 1.08. The number of aromatic carboxylic acids is 1. The van der Waals surface area contributed by atoms with E-state index in [0.717, 1.165) is 12.1 Å². The monoisotopic (exact) mass is 217 g/mol. The van der Waals surface area contributed by atoms with Gasteiger partial charge in [0.15, 0.2) is 0 Å². The van der Waals surface area contributed by atoms with Crippen LogP contribution in [-0.2, 0) is 0 Å². The zero-order chi connectivity index (χ0) is 11.6. The predicted molar refractivity (Wildman–Crippen MR) is 48.0 cm³/mol. The highest BCUT2D eigenvalue weighted by atomic mass is 19.3. The van der Waals surface area contributed by atoms with Crippen molar-refractivity contribution in [3.8, 4) is 5.75 Å². The van der Waals surface area contributed by atoms with Crippen molar-refractivity contribution in [2.75, 3.05) is 0 Å². The SMILES string of the molecule is N[C@H](c1ccc(O)c(C(=O)O)c1)C(F)F. The van der Waals surface area contributed by atoms with Crippen LogP contribution in [0.1, 0.15) is 22.0 Å². The molecule has 0 fully saturated rings. The fraction of sp³-hybridized carbons (Fsp3) is 0.222. The lowest BCUT2D eigenvalue weighted by Gasteiger charge is -2.11. The molecule has 1 atom stereocenters. The van der Waals surface area contributed by atoms with E-state index in [0.29, 0.717) is 0 Å². The summed E-state index contributed by atoms with van der Waals surface area (Å²) in [6.45, 7) is 0. The molecule has 0 aliphatic carbocycles. The summed E-state index contributed by atoms with van der Waals surface area (Å²) in [4.78, 5) is 10.6. The molecule has 0 unspecified atom stereocenters. The Kier molecular flexibility index (Phi) is 3.21. The number of aromatic hydroxyl groups is 1. The molecular weight excluding hydrogens is 208 g/mol. The van der Waals surface area contributed by atoms with Gasteiger partial charge in [0.2, 0.25) is 0 Å². The number of hydrogen-bond donors (Lipinski definition) is 3. The first kappa shape index (κ1) is 11.4. The van der Waals surface area contributed by atoms with Gasteiger partial charge < -0.3 is 15.9 Å². The van der Waals surface area contributed by atoms with Crippen molar-refractivity contribution >= 4 is 5.97 Å². The first-order valence-electron chi connectivity index (χ1n) is 4.03. The van der Waals surface area contributed by atoms with Gasteiger partial charge in [-0.25, -0.2) is 13.6 Å². The molecule has 4 nitrogen and oxygen atoms in total. The van der Waals surface area contributed by atoms with Gasteiger partial charge in [0.05, 0.1) is 6.04 Å². The number of phenols is 1. The molecule has 1 rings (SSSR count). The molecule has 0 bridgehead atoms. The predicted octanol–water partition coefficient (Wildman–Crippen LogP) is 1.36. The lowest BCUT2D eigenvalue weighted by atomic mass is 10.0. The van der Waals surface area contributed by atoms with Crippen LogP contribution in [0.5, 0.6) is 5.75 Å². The van der Waals surface area contributed by atoms with Gasteiger partial charge in [-0.15, -0.1) is 0 Å². The third kappa shape index (κ3) is 2.41. The van der Waals surface area contributed by atoms with E-state index < -0.39 is 29.7 Å². The molecule has 0 saturated carbocycles. The maximum absolute atomic E-state index is 12.2. The van der Waals surface area contributed by atoms with E-state index in [2.05, 4.69) is 0 Å². The Morgan fingerprint density at radius 1 is 1.40 bits per heavy atom. The largest absolute Gasteiger partial charge is 0.507 e. The molecule has 82 valence electrons. The minimum absolute atomic E-state index is 0.0276. The second-order valence-corrected chi connectivity index (χ2v) is 2.94. The lowest BCUT2D eigenvalue weighted by molar-refractivity contribution is 0.0692. The van der Waals surface area contributed by atoms with Crippen molar-refractivity contribution in [2.24, 2.45) is 5.73 Å². The van der Waals surface area contributed by atoms with E-state index in [1.807, 2.05) is 0 Å². The van der Waals surface area contributed by atoms with Crippen molar-refractivity contribution in [3.63, 3.8) is 0 Å². The van der Waals surface area contributed by atoms with Gasteiger partial charge in [0, 0.05) is 0 Å². The Morgan fingerprint density at radius 3 is 2.47 bits per heavy atom. The number of benzene rings is 1. The number of nitrogens with two attached hydrogens (primary N) is 1. The molecule has 0 radical (unpaired) electrons. The Labute approximate surface area is 83.9 Å². The molecule has 1 aromatic carbocycles. The summed E-state index contributed by atoms with van der Waals surface area (Å²) in [7, 11) is 0. The van der Waals surface area contributed by atoms with Crippen LogP contribution < -0.4 is 5.73 Å². The summed E-state index contributed by atoms with van der Waals surface area (Å²) in [6.07, 6.45) is -2.78. The summed E-state index contributed by atoms with van der Waals surface area (Å²) in [5.41, 5.74) is 4.66. The Morgan fingerprint density at radius 2 is 2.00 bits per heavy atom. The Bertz CT molecular complexity index is 382. The number of carbonyl (C=O) groups is 1. The molecule has 0 heterocycles. The molecular formula is C9H9F2NO3. The molecule has 0 aliphatic rings. The van der Waals surface area contributed by atoms with Gasteiger partial charge in [-0.2, -0.15) is 0 Å². The molecule has 0 spiro atoms. The van der Waals surface area contributed by atoms with Crippen LogP contribution in [0.4, 0.5) is 8.78 Å². The van der Waals surface area contributed by atoms with Crippen LogP contribution in [-0.4, -0.2) is 22.6 Å². The highest BCUT2D eigenvalue weighted by Crippen LogP contribution is 2.24. The topological polar surface area (TPSA) is 83.5 Å². The first-order valence-corrected chi connectivity index (χ1v) is 4.03. The molecule has 0 aliphatic heterocycles. The quantitative estimate of drug-likeness (QED) is 0.713. The van der Waals surface area contributed by atoms with E-state index >= 15 is 0 Å². The van der Waals surface area contributed by atoms with Crippen LogP contribution >= 0.6 is 0 Å². The van der Waals surface area contributed by atoms with E-state index in [-0.39, 0.29) is 5.56 Å². The van der Waals surface area contributed by atoms with Crippen LogP contribution in [0, 0.1) is 0 Å². The van der Waals surface area contributed by atoms with Gasteiger partial charge in [0.1, 0.15) is 11.3 Å². The fourth-order valence-corrected chi connectivity index (χ4v) is 1.08. The van der Waals surface area contributed by atoms with E-state index in [1.54, 1.807) is 0 Å². The molecule has 6 heteroatoms. The molecule has 0 saturated heterocycles. The van der Waals surface area contributed by atoms with Gasteiger partial charge in [0.25, 0.3) is 6.43 Å². The zero-order valence-electron chi connectivity index (χ0n) is 7.52.